The van der Waals surface area contributed by atoms with Crippen molar-refractivity contribution >= 4 is 11.9 Å². The van der Waals surface area contributed by atoms with E-state index < -0.39 is 5.97 Å². The van der Waals surface area contributed by atoms with Gasteiger partial charge in [0.2, 0.25) is 5.91 Å². The predicted octanol–water partition coefficient (Wildman–Crippen LogP) is 2.91. The van der Waals surface area contributed by atoms with Crippen molar-refractivity contribution in [1.29, 1.82) is 0 Å². The van der Waals surface area contributed by atoms with Gasteiger partial charge in [0.25, 0.3) is 0 Å². The van der Waals surface area contributed by atoms with Gasteiger partial charge < -0.3 is 14.4 Å². The largest absolute Gasteiger partial charge is 0.480 e. The van der Waals surface area contributed by atoms with Gasteiger partial charge in [-0.2, -0.15) is 0 Å². The molecule has 0 aliphatic heterocycles. The lowest BCUT2D eigenvalue weighted by molar-refractivity contribution is -0.144. The fourth-order valence-corrected chi connectivity index (χ4v) is 2.51. The first-order chi connectivity index (χ1) is 11.5. The number of oxazole rings is 1. The van der Waals surface area contributed by atoms with Crippen molar-refractivity contribution in [3.8, 4) is 11.3 Å². The van der Waals surface area contributed by atoms with Gasteiger partial charge in [0.05, 0.1) is 5.69 Å². The molecule has 24 heavy (non-hydrogen) atoms. The Hall–Kier alpha value is -2.63. The Kier molecular flexibility index (Phi) is 6.12. The minimum Gasteiger partial charge on any atom is -0.480 e. The van der Waals surface area contributed by atoms with E-state index >= 15 is 0 Å². The molecule has 2 rings (SSSR count). The summed E-state index contributed by atoms with van der Waals surface area (Å²) in [6.45, 7) is 3.94. The zero-order chi connectivity index (χ0) is 17.5. The lowest BCUT2D eigenvalue weighted by Gasteiger charge is -2.19. The molecule has 1 aromatic carbocycles. The van der Waals surface area contributed by atoms with Gasteiger partial charge in [0.1, 0.15) is 6.54 Å². The highest BCUT2D eigenvalue weighted by Crippen LogP contribution is 2.24. The molecular formula is C18H22N2O4. The molecule has 2 aromatic rings. The molecule has 0 saturated carbocycles. The molecule has 1 heterocycles. The summed E-state index contributed by atoms with van der Waals surface area (Å²) in [7, 11) is 0. The van der Waals surface area contributed by atoms with Gasteiger partial charge in [-0.05, 0) is 13.3 Å². The summed E-state index contributed by atoms with van der Waals surface area (Å²) < 4.78 is 5.77. The zero-order valence-corrected chi connectivity index (χ0v) is 14.0. The van der Waals surface area contributed by atoms with E-state index in [-0.39, 0.29) is 18.9 Å². The van der Waals surface area contributed by atoms with Crippen LogP contribution in [0.1, 0.15) is 31.4 Å². The number of benzene rings is 1. The van der Waals surface area contributed by atoms with Crippen molar-refractivity contribution < 1.29 is 19.1 Å². The van der Waals surface area contributed by atoms with Crippen molar-refractivity contribution in [3.63, 3.8) is 0 Å². The lowest BCUT2D eigenvalue weighted by atomic mass is 10.1. The van der Waals surface area contributed by atoms with E-state index in [2.05, 4.69) is 4.98 Å². The van der Waals surface area contributed by atoms with E-state index in [1.807, 2.05) is 44.2 Å². The number of nitrogens with zero attached hydrogens (tertiary/aromatic N) is 2. The van der Waals surface area contributed by atoms with Crippen LogP contribution in [-0.4, -0.2) is 40.0 Å². The second-order valence-electron chi connectivity index (χ2n) is 5.60. The Morgan fingerprint density at radius 2 is 1.96 bits per heavy atom. The van der Waals surface area contributed by atoms with E-state index in [1.54, 1.807) is 0 Å². The minimum atomic E-state index is -1.00. The summed E-state index contributed by atoms with van der Waals surface area (Å²) in [5.41, 5.74) is 1.72. The smallest absolute Gasteiger partial charge is 0.323 e. The van der Waals surface area contributed by atoms with Gasteiger partial charge in [-0.15, -0.1) is 0 Å². The monoisotopic (exact) mass is 330 g/mol. The van der Waals surface area contributed by atoms with Crippen LogP contribution in [0.2, 0.25) is 0 Å². The fourth-order valence-electron chi connectivity index (χ4n) is 2.51. The first-order valence-corrected chi connectivity index (χ1v) is 8.02. The molecule has 0 atom stereocenters. The van der Waals surface area contributed by atoms with Crippen LogP contribution in [0.25, 0.3) is 11.3 Å². The predicted molar refractivity (Wildman–Crippen MR) is 89.5 cm³/mol. The molecular weight excluding hydrogens is 308 g/mol. The topological polar surface area (TPSA) is 83.6 Å². The SMILES string of the molecule is CCCN(CC(=O)O)C(=O)CCc1nc(C)c(-c2ccccc2)o1. The minimum absolute atomic E-state index is 0.182. The number of hydrogen-bond acceptors (Lipinski definition) is 4. The first kappa shape index (κ1) is 17.7. The number of carbonyl (C=O) groups excluding carboxylic acids is 1. The maximum absolute atomic E-state index is 12.2. The molecule has 0 fully saturated rings. The maximum atomic E-state index is 12.2. The van der Waals surface area contributed by atoms with Crippen LogP contribution in [0.4, 0.5) is 0 Å². The molecule has 1 N–H and O–H groups in total. The van der Waals surface area contributed by atoms with Crippen LogP contribution in [-0.2, 0) is 16.0 Å². The van der Waals surface area contributed by atoms with Crippen LogP contribution >= 0.6 is 0 Å². The number of rotatable bonds is 8. The molecule has 0 aliphatic carbocycles. The number of aliphatic carboxylic acids is 1. The highest BCUT2D eigenvalue weighted by molar-refractivity contribution is 5.81. The average Bonchev–Trinajstić information content (AvgIpc) is 2.93. The number of hydrogen-bond donors (Lipinski definition) is 1. The summed E-state index contributed by atoms with van der Waals surface area (Å²) >= 11 is 0. The number of aromatic nitrogens is 1. The van der Waals surface area contributed by atoms with Crippen LogP contribution < -0.4 is 0 Å². The number of carbonyl (C=O) groups is 2. The molecule has 1 amide bonds. The highest BCUT2D eigenvalue weighted by atomic mass is 16.4. The molecule has 0 bridgehead atoms. The maximum Gasteiger partial charge on any atom is 0.323 e. The van der Waals surface area contributed by atoms with Crippen molar-refractivity contribution in [2.24, 2.45) is 0 Å². The van der Waals surface area contributed by atoms with E-state index in [4.69, 9.17) is 9.52 Å². The van der Waals surface area contributed by atoms with Gasteiger partial charge in [0.15, 0.2) is 11.7 Å². The van der Waals surface area contributed by atoms with Gasteiger partial charge in [-0.3, -0.25) is 9.59 Å². The van der Waals surface area contributed by atoms with Gasteiger partial charge in [-0.1, -0.05) is 37.3 Å². The molecule has 0 unspecified atom stereocenters. The summed E-state index contributed by atoms with van der Waals surface area (Å²) in [5, 5.41) is 8.89. The van der Waals surface area contributed by atoms with Crippen LogP contribution in [0, 0.1) is 6.92 Å². The van der Waals surface area contributed by atoms with E-state index in [9.17, 15) is 9.59 Å². The molecule has 6 heteroatoms. The van der Waals surface area contributed by atoms with Crippen LogP contribution in [0.15, 0.2) is 34.7 Å². The molecule has 0 saturated heterocycles. The quantitative estimate of drug-likeness (QED) is 0.804. The zero-order valence-electron chi connectivity index (χ0n) is 14.0. The van der Waals surface area contributed by atoms with E-state index in [0.717, 1.165) is 17.7 Å². The van der Waals surface area contributed by atoms with Crippen molar-refractivity contribution in [1.82, 2.24) is 9.88 Å². The second-order valence-corrected chi connectivity index (χ2v) is 5.60. The van der Waals surface area contributed by atoms with Gasteiger partial charge in [0, 0.05) is 24.9 Å². The Balaban J connectivity index is 2.01. The Bertz CT molecular complexity index is 694. The van der Waals surface area contributed by atoms with Gasteiger partial charge >= 0.3 is 5.97 Å². The van der Waals surface area contributed by atoms with Crippen molar-refractivity contribution in [2.45, 2.75) is 33.1 Å². The molecule has 0 spiro atoms. The number of aryl methyl sites for hydroxylation is 2. The Morgan fingerprint density at radius 3 is 2.58 bits per heavy atom. The third kappa shape index (κ3) is 4.68. The molecule has 0 radical (unpaired) electrons. The molecule has 128 valence electrons. The van der Waals surface area contributed by atoms with Crippen LogP contribution in [0.3, 0.4) is 0 Å². The number of carboxylic acids is 1. The summed E-state index contributed by atoms with van der Waals surface area (Å²) in [4.78, 5) is 28.8. The van der Waals surface area contributed by atoms with Crippen molar-refractivity contribution in [3.05, 3.63) is 41.9 Å². The third-order valence-corrected chi connectivity index (χ3v) is 3.60. The first-order valence-electron chi connectivity index (χ1n) is 8.02. The fraction of sp³-hybridized carbons (Fsp3) is 0.389. The van der Waals surface area contributed by atoms with Crippen LogP contribution in [0.5, 0.6) is 0 Å². The normalized spacial score (nSPS) is 10.6. The third-order valence-electron chi connectivity index (χ3n) is 3.60. The highest BCUT2D eigenvalue weighted by Gasteiger charge is 2.18. The summed E-state index contributed by atoms with van der Waals surface area (Å²) in [6, 6.07) is 9.67. The Morgan fingerprint density at radius 1 is 1.25 bits per heavy atom. The standard InChI is InChI=1S/C18H22N2O4/c1-3-11-20(12-17(22)23)16(21)10-9-15-19-13(2)18(24-15)14-7-5-4-6-8-14/h4-8H,3,9-12H2,1-2H3,(H,22,23). The molecule has 6 nitrogen and oxygen atoms in total. The van der Waals surface area contributed by atoms with Crippen molar-refractivity contribution in [2.75, 3.05) is 13.1 Å². The number of carboxylic acid groups (broad SMARTS) is 1. The summed E-state index contributed by atoms with van der Waals surface area (Å²) in [6.07, 6.45) is 1.25. The molecule has 1 aromatic heterocycles. The average molecular weight is 330 g/mol. The lowest BCUT2D eigenvalue weighted by Crippen LogP contribution is -2.36. The summed E-state index contributed by atoms with van der Waals surface area (Å²) in [5.74, 6) is -0.00743. The number of amides is 1. The second kappa shape index (κ2) is 8.29. The van der Waals surface area contributed by atoms with E-state index in [1.165, 1.54) is 4.90 Å². The van der Waals surface area contributed by atoms with Gasteiger partial charge in [-0.25, -0.2) is 4.98 Å². The Labute approximate surface area is 141 Å². The van der Waals surface area contributed by atoms with E-state index in [0.29, 0.717) is 24.6 Å². The molecule has 0 aliphatic rings.